The Balaban J connectivity index is 1.53. The van der Waals surface area contributed by atoms with E-state index in [2.05, 4.69) is 33.5 Å². The minimum Gasteiger partial charge on any atom is -0.357 e. The van der Waals surface area contributed by atoms with Gasteiger partial charge in [0.15, 0.2) is 5.96 Å². The van der Waals surface area contributed by atoms with E-state index >= 15 is 0 Å². The molecule has 1 aliphatic heterocycles. The second-order valence-corrected chi connectivity index (χ2v) is 7.06. The normalized spacial score (nSPS) is 20.7. The molecule has 1 atom stereocenters. The highest BCUT2D eigenvalue weighted by molar-refractivity contribution is 6.32. The summed E-state index contributed by atoms with van der Waals surface area (Å²) >= 11 is 6.27. The number of pyridine rings is 1. The van der Waals surface area contributed by atoms with E-state index in [4.69, 9.17) is 16.6 Å². The summed E-state index contributed by atoms with van der Waals surface area (Å²) < 4.78 is 0. The molecule has 6 heteroatoms. The monoisotopic (exact) mass is 361 g/mol. The molecule has 2 N–H and O–H groups in total. The molecule has 0 bridgehead atoms. The first-order chi connectivity index (χ1) is 12.3. The first kappa shape index (κ1) is 18.1. The number of anilines is 1. The summed E-state index contributed by atoms with van der Waals surface area (Å²) in [6.45, 7) is 5.68. The zero-order chi connectivity index (χ0) is 17.5. The number of rotatable bonds is 6. The van der Waals surface area contributed by atoms with Crippen LogP contribution < -0.4 is 15.5 Å². The predicted octanol–water partition coefficient (Wildman–Crippen LogP) is 3.37. The van der Waals surface area contributed by atoms with Crippen LogP contribution in [-0.4, -0.2) is 43.2 Å². The molecule has 1 aromatic rings. The van der Waals surface area contributed by atoms with Gasteiger partial charge in [0.1, 0.15) is 5.82 Å². The lowest BCUT2D eigenvalue weighted by molar-refractivity contribution is 0.648. The van der Waals surface area contributed by atoms with Gasteiger partial charge in [0, 0.05) is 38.4 Å². The third kappa shape index (κ3) is 5.11. The van der Waals surface area contributed by atoms with E-state index in [1.165, 1.54) is 19.3 Å². The lowest BCUT2D eigenvalue weighted by Gasteiger charge is -2.20. The van der Waals surface area contributed by atoms with Crippen molar-refractivity contribution in [2.24, 2.45) is 4.99 Å². The quantitative estimate of drug-likeness (QED) is 0.463. The van der Waals surface area contributed by atoms with Crippen molar-refractivity contribution < 1.29 is 0 Å². The van der Waals surface area contributed by atoms with E-state index in [0.717, 1.165) is 50.8 Å². The van der Waals surface area contributed by atoms with Crippen molar-refractivity contribution in [3.63, 3.8) is 0 Å². The van der Waals surface area contributed by atoms with Crippen molar-refractivity contribution in [1.82, 2.24) is 15.6 Å². The molecule has 0 amide bonds. The van der Waals surface area contributed by atoms with E-state index in [-0.39, 0.29) is 0 Å². The summed E-state index contributed by atoms with van der Waals surface area (Å²) in [7, 11) is 0. The summed E-state index contributed by atoms with van der Waals surface area (Å²) in [6.07, 6.45) is 10.1. The van der Waals surface area contributed by atoms with Crippen molar-refractivity contribution in [1.29, 1.82) is 0 Å². The van der Waals surface area contributed by atoms with Gasteiger partial charge < -0.3 is 15.5 Å². The number of aromatic nitrogens is 1. The molecule has 25 heavy (non-hydrogen) atoms. The number of halogens is 1. The molecule has 1 saturated heterocycles. The van der Waals surface area contributed by atoms with Crippen LogP contribution in [0, 0.1) is 0 Å². The Bertz CT molecular complexity index is 628. The van der Waals surface area contributed by atoms with Gasteiger partial charge in [-0.05, 0) is 51.2 Å². The summed E-state index contributed by atoms with van der Waals surface area (Å²) in [6, 6.07) is 4.13. The summed E-state index contributed by atoms with van der Waals surface area (Å²) in [5, 5.41) is 7.64. The third-order valence-corrected chi connectivity index (χ3v) is 5.04. The molecule has 1 unspecified atom stereocenters. The summed E-state index contributed by atoms with van der Waals surface area (Å²) in [5.74, 6) is 1.80. The fraction of sp³-hybridized carbons (Fsp3) is 0.579. The lowest BCUT2D eigenvalue weighted by atomic mass is 10.2. The van der Waals surface area contributed by atoms with Gasteiger partial charge in [0.05, 0.1) is 5.02 Å². The van der Waals surface area contributed by atoms with Crippen molar-refractivity contribution in [2.75, 3.05) is 31.1 Å². The third-order valence-electron chi connectivity index (χ3n) is 4.75. The molecule has 5 nitrogen and oxygen atoms in total. The van der Waals surface area contributed by atoms with Gasteiger partial charge in [-0.3, -0.25) is 4.99 Å². The van der Waals surface area contributed by atoms with Gasteiger partial charge in [0.25, 0.3) is 0 Å². The fourth-order valence-electron chi connectivity index (χ4n) is 3.47. The average Bonchev–Trinajstić information content (AvgIpc) is 3.27. The van der Waals surface area contributed by atoms with Crippen LogP contribution in [0.15, 0.2) is 35.0 Å². The number of aliphatic imine (C=N–C) groups is 1. The van der Waals surface area contributed by atoms with Gasteiger partial charge in [0.2, 0.25) is 0 Å². The Morgan fingerprint density at radius 1 is 1.48 bits per heavy atom. The molecular formula is C19H28ClN5. The second-order valence-electron chi connectivity index (χ2n) is 6.65. The Morgan fingerprint density at radius 3 is 3.16 bits per heavy atom. The SMILES string of the molecule is CCNC(=NCCC1=CCCC1)NC1CCN(c2ncccc2Cl)C1. The van der Waals surface area contributed by atoms with Crippen molar-refractivity contribution in [3.05, 3.63) is 35.0 Å². The molecule has 0 radical (unpaired) electrons. The van der Waals surface area contributed by atoms with E-state index in [9.17, 15) is 0 Å². The summed E-state index contributed by atoms with van der Waals surface area (Å²) in [4.78, 5) is 11.4. The molecule has 0 saturated carbocycles. The van der Waals surface area contributed by atoms with Crippen LogP contribution in [-0.2, 0) is 0 Å². The molecule has 0 spiro atoms. The van der Waals surface area contributed by atoms with Crippen LogP contribution >= 0.6 is 11.6 Å². The van der Waals surface area contributed by atoms with Crippen LogP contribution in [0.1, 0.15) is 39.0 Å². The lowest BCUT2D eigenvalue weighted by Crippen LogP contribution is -2.44. The van der Waals surface area contributed by atoms with Gasteiger partial charge in [-0.15, -0.1) is 0 Å². The predicted molar refractivity (Wildman–Crippen MR) is 106 cm³/mol. The maximum Gasteiger partial charge on any atom is 0.191 e. The highest BCUT2D eigenvalue weighted by Gasteiger charge is 2.25. The second kappa shape index (κ2) is 9.09. The van der Waals surface area contributed by atoms with Crippen molar-refractivity contribution >= 4 is 23.4 Å². The number of hydrogen-bond donors (Lipinski definition) is 2. The molecule has 3 rings (SSSR count). The van der Waals surface area contributed by atoms with Gasteiger partial charge >= 0.3 is 0 Å². The molecule has 2 heterocycles. The van der Waals surface area contributed by atoms with Crippen molar-refractivity contribution in [2.45, 2.75) is 45.1 Å². The topological polar surface area (TPSA) is 52.6 Å². The minimum atomic E-state index is 0.363. The highest BCUT2D eigenvalue weighted by Crippen LogP contribution is 2.25. The zero-order valence-corrected chi connectivity index (χ0v) is 15.7. The maximum absolute atomic E-state index is 6.27. The fourth-order valence-corrected chi connectivity index (χ4v) is 3.71. The van der Waals surface area contributed by atoms with Crippen LogP contribution in [0.5, 0.6) is 0 Å². The van der Waals surface area contributed by atoms with Crippen LogP contribution in [0.3, 0.4) is 0 Å². The summed E-state index contributed by atoms with van der Waals surface area (Å²) in [5.41, 5.74) is 1.57. The number of allylic oxidation sites excluding steroid dienone is 1. The number of nitrogens with zero attached hydrogens (tertiary/aromatic N) is 3. The van der Waals surface area contributed by atoms with Crippen molar-refractivity contribution in [3.8, 4) is 0 Å². The molecule has 1 fully saturated rings. The molecule has 136 valence electrons. The Labute approximate surface area is 155 Å². The highest BCUT2D eigenvalue weighted by atomic mass is 35.5. The molecule has 2 aliphatic rings. The number of hydrogen-bond acceptors (Lipinski definition) is 3. The molecule has 1 aliphatic carbocycles. The minimum absolute atomic E-state index is 0.363. The van der Waals surface area contributed by atoms with Crippen LogP contribution in [0.4, 0.5) is 5.82 Å². The number of nitrogens with one attached hydrogen (secondary N) is 2. The average molecular weight is 362 g/mol. The van der Waals surface area contributed by atoms with Gasteiger partial charge in [-0.1, -0.05) is 23.3 Å². The Morgan fingerprint density at radius 2 is 2.40 bits per heavy atom. The van der Waals surface area contributed by atoms with Crippen LogP contribution in [0.25, 0.3) is 0 Å². The first-order valence-electron chi connectivity index (χ1n) is 9.34. The largest absolute Gasteiger partial charge is 0.357 e. The van der Waals surface area contributed by atoms with E-state index in [1.54, 1.807) is 11.8 Å². The molecular weight excluding hydrogens is 334 g/mol. The zero-order valence-electron chi connectivity index (χ0n) is 15.0. The number of guanidine groups is 1. The van der Waals surface area contributed by atoms with E-state index < -0.39 is 0 Å². The van der Waals surface area contributed by atoms with E-state index in [1.807, 2.05) is 12.1 Å². The molecule has 0 aromatic carbocycles. The van der Waals surface area contributed by atoms with Crippen LogP contribution in [0.2, 0.25) is 5.02 Å². The maximum atomic E-state index is 6.27. The first-order valence-corrected chi connectivity index (χ1v) is 9.72. The van der Waals surface area contributed by atoms with E-state index in [0.29, 0.717) is 11.1 Å². The Hall–Kier alpha value is -1.75. The standard InChI is InChI=1S/C19H28ClN5/c1-2-21-19(23-12-9-15-6-3-4-7-15)24-16-10-13-25(14-16)18-17(20)8-5-11-22-18/h5-6,8,11,16H,2-4,7,9-10,12-14H2,1H3,(H2,21,23,24). The van der Waals surface area contributed by atoms with Gasteiger partial charge in [-0.25, -0.2) is 4.98 Å². The van der Waals surface area contributed by atoms with Gasteiger partial charge in [-0.2, -0.15) is 0 Å². The smallest absolute Gasteiger partial charge is 0.191 e. The molecule has 1 aromatic heterocycles. The Kier molecular flexibility index (Phi) is 6.56.